The fraction of sp³-hybridized carbons (Fsp3) is 0.250. The second kappa shape index (κ2) is 5.49. The Hall–Kier alpha value is -2.09. The van der Waals surface area contributed by atoms with E-state index in [4.69, 9.17) is 0 Å². The summed E-state index contributed by atoms with van der Waals surface area (Å²) in [6.45, 7) is 0.912. The largest absolute Gasteiger partial charge is 0.468 e. The van der Waals surface area contributed by atoms with Crippen molar-refractivity contribution in [2.45, 2.75) is 13.5 Å². The summed E-state index contributed by atoms with van der Waals surface area (Å²) >= 11 is 0.921. The van der Waals surface area contributed by atoms with Crippen LogP contribution >= 0.6 is 11.3 Å². The van der Waals surface area contributed by atoms with E-state index in [1.54, 1.807) is 0 Å². The van der Waals surface area contributed by atoms with Crippen LogP contribution in [0.2, 0.25) is 0 Å². The lowest BCUT2D eigenvalue weighted by Crippen LogP contribution is -2.22. The lowest BCUT2D eigenvalue weighted by atomic mass is 10.3. The van der Waals surface area contributed by atoms with Crippen LogP contribution in [-0.4, -0.2) is 23.6 Å². The smallest absolute Gasteiger partial charge is 0.325 e. The highest BCUT2D eigenvalue weighted by atomic mass is 32.1. The van der Waals surface area contributed by atoms with Gasteiger partial charge in [-0.25, -0.2) is 8.78 Å². The number of esters is 1. The zero-order chi connectivity index (χ0) is 14.9. The quantitative estimate of drug-likeness (QED) is 0.792. The lowest BCUT2D eigenvalue weighted by molar-refractivity contribution is -0.141. The summed E-state index contributed by atoms with van der Waals surface area (Å²) in [5.41, 5.74) is 0.0156. The first-order valence-corrected chi connectivity index (χ1v) is 6.34. The maximum Gasteiger partial charge on any atom is 0.325 e. The monoisotopic (exact) mass is 300 g/mol. The minimum atomic E-state index is -0.829. The Bertz CT molecular complexity index is 764. The summed E-state index contributed by atoms with van der Waals surface area (Å²) in [6, 6.07) is 1.83. The lowest BCUT2D eigenvalue weighted by Gasteiger charge is -2.04. The van der Waals surface area contributed by atoms with E-state index in [-0.39, 0.29) is 21.6 Å². The summed E-state index contributed by atoms with van der Waals surface area (Å²) in [6.07, 6.45) is 0. The van der Waals surface area contributed by atoms with Crippen LogP contribution in [0.15, 0.2) is 17.1 Å². The number of methoxy groups -OCH3 is 1. The van der Waals surface area contributed by atoms with Gasteiger partial charge in [-0.3, -0.25) is 9.59 Å². The summed E-state index contributed by atoms with van der Waals surface area (Å²) in [5.74, 6) is -2.70. The van der Waals surface area contributed by atoms with E-state index < -0.39 is 23.5 Å². The molecule has 5 nitrogen and oxygen atoms in total. The number of amides is 1. The van der Waals surface area contributed by atoms with Gasteiger partial charge in [-0.2, -0.15) is 4.99 Å². The molecule has 1 aromatic carbocycles. The molecule has 0 bridgehead atoms. The third kappa shape index (κ3) is 2.74. The van der Waals surface area contributed by atoms with Gasteiger partial charge in [-0.15, -0.1) is 0 Å². The molecule has 1 amide bonds. The van der Waals surface area contributed by atoms with Gasteiger partial charge in [0.2, 0.25) is 5.91 Å². The Morgan fingerprint density at radius 3 is 2.70 bits per heavy atom. The van der Waals surface area contributed by atoms with Gasteiger partial charge in [0.1, 0.15) is 12.4 Å². The van der Waals surface area contributed by atoms with Crippen molar-refractivity contribution >= 4 is 33.4 Å². The summed E-state index contributed by atoms with van der Waals surface area (Å²) < 4.78 is 33.0. The third-order valence-corrected chi connectivity index (χ3v) is 3.49. The average Bonchev–Trinajstić information content (AvgIpc) is 2.66. The highest BCUT2D eigenvalue weighted by molar-refractivity contribution is 7.16. The van der Waals surface area contributed by atoms with E-state index in [9.17, 15) is 18.4 Å². The molecule has 0 fully saturated rings. The second-order valence-electron chi connectivity index (χ2n) is 3.91. The maximum atomic E-state index is 13.9. The van der Waals surface area contributed by atoms with E-state index in [0.717, 1.165) is 17.4 Å². The van der Waals surface area contributed by atoms with Gasteiger partial charge in [-0.05, 0) is 6.07 Å². The SMILES string of the molecule is COC(=O)Cn1c(=NC(C)=O)sc2cc(F)cc(F)c21. The van der Waals surface area contributed by atoms with E-state index in [1.165, 1.54) is 18.6 Å². The van der Waals surface area contributed by atoms with Gasteiger partial charge in [0.05, 0.1) is 17.3 Å². The number of halogens is 2. The summed E-state index contributed by atoms with van der Waals surface area (Å²) in [4.78, 5) is 26.3. The molecule has 0 radical (unpaired) electrons. The molecule has 0 aliphatic heterocycles. The predicted octanol–water partition coefficient (Wildman–Crippen LogP) is 1.60. The van der Waals surface area contributed by atoms with Crippen molar-refractivity contribution in [1.82, 2.24) is 4.57 Å². The van der Waals surface area contributed by atoms with Crippen molar-refractivity contribution < 1.29 is 23.1 Å². The molecule has 0 aliphatic rings. The summed E-state index contributed by atoms with van der Waals surface area (Å²) in [7, 11) is 1.19. The van der Waals surface area contributed by atoms with Crippen LogP contribution in [0.3, 0.4) is 0 Å². The Labute approximate surface area is 116 Å². The van der Waals surface area contributed by atoms with Crippen LogP contribution in [0.1, 0.15) is 6.92 Å². The highest BCUT2D eigenvalue weighted by Gasteiger charge is 2.15. The molecule has 0 saturated heterocycles. The predicted molar refractivity (Wildman–Crippen MR) is 68.0 cm³/mol. The van der Waals surface area contributed by atoms with E-state index in [2.05, 4.69) is 9.73 Å². The summed E-state index contributed by atoms with van der Waals surface area (Å²) in [5, 5.41) is 0. The molecule has 8 heteroatoms. The molecule has 0 atom stereocenters. The highest BCUT2D eigenvalue weighted by Crippen LogP contribution is 2.22. The van der Waals surface area contributed by atoms with Gasteiger partial charge < -0.3 is 9.30 Å². The van der Waals surface area contributed by atoms with Crippen molar-refractivity contribution in [2.24, 2.45) is 4.99 Å². The number of hydrogen-bond acceptors (Lipinski definition) is 4. The first-order chi connectivity index (χ1) is 9.42. The number of hydrogen-bond donors (Lipinski definition) is 0. The van der Waals surface area contributed by atoms with E-state index in [0.29, 0.717) is 6.07 Å². The van der Waals surface area contributed by atoms with Crippen molar-refractivity contribution in [3.8, 4) is 0 Å². The van der Waals surface area contributed by atoms with E-state index >= 15 is 0 Å². The van der Waals surface area contributed by atoms with Crippen molar-refractivity contribution in [1.29, 1.82) is 0 Å². The zero-order valence-electron chi connectivity index (χ0n) is 10.6. The number of fused-ring (bicyclic) bond motifs is 1. The molecule has 0 saturated carbocycles. The molecule has 2 rings (SSSR count). The number of aromatic nitrogens is 1. The normalized spacial score (nSPS) is 11.9. The van der Waals surface area contributed by atoms with Gasteiger partial charge in [0.25, 0.3) is 0 Å². The van der Waals surface area contributed by atoms with Gasteiger partial charge >= 0.3 is 5.97 Å². The van der Waals surface area contributed by atoms with E-state index in [1.807, 2.05) is 0 Å². The van der Waals surface area contributed by atoms with Crippen LogP contribution < -0.4 is 4.80 Å². The molecule has 0 spiro atoms. The Balaban J connectivity index is 2.78. The van der Waals surface area contributed by atoms with Crippen molar-refractivity contribution in [2.75, 3.05) is 7.11 Å². The van der Waals surface area contributed by atoms with Crippen LogP contribution in [0, 0.1) is 11.6 Å². The number of rotatable bonds is 2. The molecule has 0 unspecified atom stereocenters. The number of ether oxygens (including phenoxy) is 1. The van der Waals surface area contributed by atoms with Crippen LogP contribution in [0.4, 0.5) is 8.78 Å². The third-order valence-electron chi connectivity index (χ3n) is 2.46. The van der Waals surface area contributed by atoms with Crippen LogP contribution in [0.5, 0.6) is 0 Å². The Morgan fingerprint density at radius 1 is 1.40 bits per heavy atom. The molecular weight excluding hydrogens is 290 g/mol. The Morgan fingerprint density at radius 2 is 2.10 bits per heavy atom. The zero-order valence-corrected chi connectivity index (χ0v) is 11.5. The molecule has 20 heavy (non-hydrogen) atoms. The molecule has 106 valence electrons. The average molecular weight is 300 g/mol. The van der Waals surface area contributed by atoms with Crippen LogP contribution in [0.25, 0.3) is 10.2 Å². The van der Waals surface area contributed by atoms with Crippen molar-refractivity contribution in [3.63, 3.8) is 0 Å². The molecule has 0 aliphatic carbocycles. The van der Waals surface area contributed by atoms with Crippen molar-refractivity contribution in [3.05, 3.63) is 28.6 Å². The van der Waals surface area contributed by atoms with Gasteiger partial charge in [0.15, 0.2) is 10.6 Å². The molecule has 1 heterocycles. The number of carbonyl (C=O) groups is 2. The number of carbonyl (C=O) groups excluding carboxylic acids is 2. The Kier molecular flexibility index (Phi) is 3.93. The fourth-order valence-corrected chi connectivity index (χ4v) is 2.80. The molecular formula is C12H10F2N2O3S. The van der Waals surface area contributed by atoms with Crippen LogP contribution in [-0.2, 0) is 20.9 Å². The number of benzene rings is 1. The van der Waals surface area contributed by atoms with Gasteiger partial charge in [0, 0.05) is 13.0 Å². The molecule has 1 aromatic heterocycles. The topological polar surface area (TPSA) is 60.7 Å². The maximum absolute atomic E-state index is 13.9. The standard InChI is InChI=1S/C12H10F2N2O3S/c1-6(17)15-12-16(5-10(18)19-2)11-8(14)3-7(13)4-9(11)20-12/h3-4H,5H2,1-2H3. The number of thiazole rings is 1. The first-order valence-electron chi connectivity index (χ1n) is 5.53. The molecule has 2 aromatic rings. The number of nitrogens with zero attached hydrogens (tertiary/aromatic N) is 2. The second-order valence-corrected chi connectivity index (χ2v) is 4.92. The van der Waals surface area contributed by atoms with Gasteiger partial charge in [-0.1, -0.05) is 11.3 Å². The fourth-order valence-electron chi connectivity index (χ4n) is 1.69. The minimum absolute atomic E-state index is 0.0156. The minimum Gasteiger partial charge on any atom is -0.468 e. The first kappa shape index (κ1) is 14.3. The molecule has 0 N–H and O–H groups in total.